The molecule has 0 unspecified atom stereocenters. The fourth-order valence-corrected chi connectivity index (χ4v) is 7.86. The van der Waals surface area contributed by atoms with Crippen LogP contribution >= 0.6 is 0 Å². The molecule has 2 heteroatoms. The highest BCUT2D eigenvalue weighted by molar-refractivity contribution is 5.28. The molecule has 5 aliphatic carbocycles. The van der Waals surface area contributed by atoms with Gasteiger partial charge in [-0.1, -0.05) is 25.5 Å². The molecular formula is C21H29NO. The van der Waals surface area contributed by atoms with Crippen LogP contribution in [0.2, 0.25) is 0 Å². The molecule has 0 radical (unpaired) electrons. The van der Waals surface area contributed by atoms with Gasteiger partial charge in [-0.3, -0.25) is 0 Å². The van der Waals surface area contributed by atoms with E-state index in [1.54, 1.807) is 5.57 Å². The van der Waals surface area contributed by atoms with Gasteiger partial charge in [-0.05, 0) is 85.4 Å². The zero-order chi connectivity index (χ0) is 16.0. The average molecular weight is 311 g/mol. The van der Waals surface area contributed by atoms with E-state index in [4.69, 9.17) is 0 Å². The third-order valence-corrected chi connectivity index (χ3v) is 9.00. The molecule has 0 amide bonds. The van der Waals surface area contributed by atoms with Gasteiger partial charge in [0.25, 0.3) is 0 Å². The van der Waals surface area contributed by atoms with Gasteiger partial charge in [0, 0.05) is 0 Å². The fraction of sp³-hybridized carbons (Fsp3) is 0.857. The van der Waals surface area contributed by atoms with E-state index >= 15 is 0 Å². The van der Waals surface area contributed by atoms with Crippen LogP contribution in [-0.2, 0) is 0 Å². The van der Waals surface area contributed by atoms with Gasteiger partial charge in [0.05, 0.1) is 18.1 Å². The second kappa shape index (κ2) is 4.42. The highest BCUT2D eigenvalue weighted by Crippen LogP contribution is 2.75. The van der Waals surface area contributed by atoms with Crippen LogP contribution in [0.3, 0.4) is 0 Å². The summed E-state index contributed by atoms with van der Waals surface area (Å²) in [6, 6.07) is 2.71. The Morgan fingerprint density at radius 2 is 2.00 bits per heavy atom. The van der Waals surface area contributed by atoms with E-state index in [2.05, 4.69) is 26.0 Å². The summed E-state index contributed by atoms with van der Waals surface area (Å²) in [6.07, 6.45) is 10.6. The summed E-state index contributed by atoms with van der Waals surface area (Å²) in [4.78, 5) is 0. The Labute approximate surface area is 140 Å². The molecule has 5 aliphatic rings. The molecule has 0 spiro atoms. The van der Waals surface area contributed by atoms with Crippen LogP contribution in [0.4, 0.5) is 0 Å². The maximum atomic E-state index is 10.1. The minimum atomic E-state index is -0.109. The Morgan fingerprint density at radius 3 is 2.78 bits per heavy atom. The standard InChI is InChI=1S/C21H29NO/c1-20-7-5-13(23)9-12(20)3-4-14-17(20)6-8-21(2)18(11-22)15-10-16(15)19(14)21/h3,13-19,23H,4-10H2,1-2H3/t13-,14+,15+,16-,17-,18-,19+,20-,21+/m0/s1. The summed E-state index contributed by atoms with van der Waals surface area (Å²) in [5, 5.41) is 19.8. The molecule has 4 saturated carbocycles. The summed E-state index contributed by atoms with van der Waals surface area (Å²) in [5.41, 5.74) is 2.18. The Hall–Kier alpha value is -0.810. The normalized spacial score (nSPS) is 59.7. The van der Waals surface area contributed by atoms with E-state index in [-0.39, 0.29) is 6.10 Å². The van der Waals surface area contributed by atoms with Crippen molar-refractivity contribution in [1.82, 2.24) is 0 Å². The van der Waals surface area contributed by atoms with Crippen LogP contribution in [-0.4, -0.2) is 11.2 Å². The van der Waals surface area contributed by atoms with Crippen LogP contribution in [0.25, 0.3) is 0 Å². The molecular weight excluding hydrogens is 282 g/mol. The molecule has 9 atom stereocenters. The molecule has 0 aromatic carbocycles. The molecule has 4 fully saturated rings. The number of fused-ring (bicyclic) bond motifs is 7. The van der Waals surface area contributed by atoms with Crippen molar-refractivity contribution in [2.75, 3.05) is 0 Å². The van der Waals surface area contributed by atoms with Gasteiger partial charge in [-0.25, -0.2) is 0 Å². The second-order valence-corrected chi connectivity index (χ2v) is 9.79. The van der Waals surface area contributed by atoms with Crippen LogP contribution in [0.5, 0.6) is 0 Å². The fourth-order valence-electron chi connectivity index (χ4n) is 7.86. The molecule has 124 valence electrons. The Kier molecular flexibility index (Phi) is 2.79. The smallest absolute Gasteiger partial charge is 0.0664 e. The van der Waals surface area contributed by atoms with Crippen molar-refractivity contribution in [1.29, 1.82) is 5.26 Å². The van der Waals surface area contributed by atoms with Crippen molar-refractivity contribution in [3.8, 4) is 6.07 Å². The van der Waals surface area contributed by atoms with Crippen LogP contribution < -0.4 is 0 Å². The van der Waals surface area contributed by atoms with Gasteiger partial charge in [0.2, 0.25) is 0 Å². The van der Waals surface area contributed by atoms with Gasteiger partial charge < -0.3 is 5.11 Å². The summed E-state index contributed by atoms with van der Waals surface area (Å²) < 4.78 is 0. The number of allylic oxidation sites excluding steroid dienone is 1. The largest absolute Gasteiger partial charge is 0.393 e. The first kappa shape index (κ1) is 14.5. The quantitative estimate of drug-likeness (QED) is 0.678. The molecule has 0 bridgehead atoms. The van der Waals surface area contributed by atoms with Gasteiger partial charge >= 0.3 is 0 Å². The lowest BCUT2D eigenvalue weighted by Gasteiger charge is -2.58. The van der Waals surface area contributed by atoms with Gasteiger partial charge in [-0.2, -0.15) is 5.26 Å². The van der Waals surface area contributed by atoms with E-state index in [1.807, 2.05) is 0 Å². The zero-order valence-corrected chi connectivity index (χ0v) is 14.5. The molecule has 5 rings (SSSR count). The van der Waals surface area contributed by atoms with Crippen LogP contribution in [0.15, 0.2) is 11.6 Å². The number of aliphatic hydroxyl groups excluding tert-OH is 1. The number of hydrogen-bond donors (Lipinski definition) is 1. The number of hydrogen-bond acceptors (Lipinski definition) is 2. The minimum Gasteiger partial charge on any atom is -0.393 e. The molecule has 0 heterocycles. The first-order valence-electron chi connectivity index (χ1n) is 9.76. The molecule has 0 saturated heterocycles. The summed E-state index contributed by atoms with van der Waals surface area (Å²) >= 11 is 0. The third-order valence-electron chi connectivity index (χ3n) is 9.00. The Balaban J connectivity index is 1.53. The topological polar surface area (TPSA) is 44.0 Å². The van der Waals surface area contributed by atoms with Crippen molar-refractivity contribution in [3.63, 3.8) is 0 Å². The van der Waals surface area contributed by atoms with Crippen LogP contribution in [0, 0.1) is 57.7 Å². The summed E-state index contributed by atoms with van der Waals surface area (Å²) in [5.74, 6) is 4.28. The lowest BCUT2D eigenvalue weighted by molar-refractivity contribution is -0.0561. The van der Waals surface area contributed by atoms with Crippen molar-refractivity contribution in [2.24, 2.45) is 46.3 Å². The van der Waals surface area contributed by atoms with Crippen molar-refractivity contribution < 1.29 is 5.11 Å². The Bertz CT molecular complexity index is 618. The molecule has 0 aromatic rings. The van der Waals surface area contributed by atoms with Crippen LogP contribution in [0.1, 0.15) is 58.8 Å². The zero-order valence-electron chi connectivity index (χ0n) is 14.5. The predicted molar refractivity (Wildman–Crippen MR) is 89.2 cm³/mol. The maximum absolute atomic E-state index is 10.1. The Morgan fingerprint density at radius 1 is 1.17 bits per heavy atom. The van der Waals surface area contributed by atoms with Crippen molar-refractivity contribution in [2.45, 2.75) is 64.9 Å². The summed E-state index contributed by atoms with van der Waals surface area (Å²) in [7, 11) is 0. The number of nitriles is 1. The van der Waals surface area contributed by atoms with E-state index in [0.29, 0.717) is 16.7 Å². The number of nitrogens with zero attached hydrogens (tertiary/aromatic N) is 1. The van der Waals surface area contributed by atoms with E-state index < -0.39 is 0 Å². The van der Waals surface area contributed by atoms with E-state index in [9.17, 15) is 10.4 Å². The molecule has 2 nitrogen and oxygen atoms in total. The first-order valence-corrected chi connectivity index (χ1v) is 9.76. The van der Waals surface area contributed by atoms with Crippen molar-refractivity contribution in [3.05, 3.63) is 11.6 Å². The van der Waals surface area contributed by atoms with Gasteiger partial charge in [0.1, 0.15) is 0 Å². The molecule has 0 aromatic heterocycles. The molecule has 23 heavy (non-hydrogen) atoms. The van der Waals surface area contributed by atoms with Gasteiger partial charge in [-0.15, -0.1) is 0 Å². The minimum absolute atomic E-state index is 0.109. The molecule has 1 N–H and O–H groups in total. The SMILES string of the molecule is C[C@]12CC[C@H]3[C@@H](CC=C4C[C@@H](O)CC[C@@]43C)[C@@H]1[C@H]1C[C@H]1[C@@H]2C#N. The molecule has 0 aliphatic heterocycles. The number of aliphatic hydroxyl groups is 1. The van der Waals surface area contributed by atoms with Crippen molar-refractivity contribution >= 4 is 0 Å². The second-order valence-electron chi connectivity index (χ2n) is 9.79. The first-order chi connectivity index (χ1) is 11.0. The monoisotopic (exact) mass is 311 g/mol. The van der Waals surface area contributed by atoms with Gasteiger partial charge in [0.15, 0.2) is 0 Å². The average Bonchev–Trinajstić information content (AvgIpc) is 3.23. The van der Waals surface area contributed by atoms with E-state index in [0.717, 1.165) is 42.4 Å². The summed E-state index contributed by atoms with van der Waals surface area (Å²) in [6.45, 7) is 4.94. The maximum Gasteiger partial charge on any atom is 0.0664 e. The number of rotatable bonds is 0. The highest BCUT2D eigenvalue weighted by Gasteiger charge is 2.70. The lowest BCUT2D eigenvalue weighted by atomic mass is 9.46. The third kappa shape index (κ3) is 1.68. The van der Waals surface area contributed by atoms with E-state index in [1.165, 1.54) is 32.1 Å². The predicted octanol–water partition coefficient (Wildman–Crippen LogP) is 4.31. The highest BCUT2D eigenvalue weighted by atomic mass is 16.3. The lowest BCUT2D eigenvalue weighted by Crippen LogP contribution is -2.51.